The van der Waals surface area contributed by atoms with E-state index in [0.717, 1.165) is 5.56 Å². The van der Waals surface area contributed by atoms with Gasteiger partial charge in [0.15, 0.2) is 18.2 Å². The van der Waals surface area contributed by atoms with Gasteiger partial charge in [0.05, 0.1) is 11.6 Å². The van der Waals surface area contributed by atoms with E-state index in [4.69, 9.17) is 10.00 Å². The molecule has 0 fully saturated rings. The van der Waals surface area contributed by atoms with Crippen LogP contribution in [0.1, 0.15) is 11.1 Å². The first-order chi connectivity index (χ1) is 10.1. The van der Waals surface area contributed by atoms with Gasteiger partial charge in [0.2, 0.25) is 0 Å². The van der Waals surface area contributed by atoms with Gasteiger partial charge in [0.1, 0.15) is 0 Å². The van der Waals surface area contributed by atoms with Crippen LogP contribution in [0.25, 0.3) is 0 Å². The Morgan fingerprint density at radius 3 is 2.67 bits per heavy atom. The fourth-order valence-corrected chi connectivity index (χ4v) is 1.69. The van der Waals surface area contributed by atoms with Gasteiger partial charge in [-0.25, -0.2) is 4.39 Å². The van der Waals surface area contributed by atoms with Gasteiger partial charge in [-0.1, -0.05) is 6.07 Å². The average molecular weight is 284 g/mol. The second-order valence-corrected chi connectivity index (χ2v) is 4.46. The molecule has 5 heteroatoms. The molecule has 0 aliphatic heterocycles. The molecule has 2 rings (SSSR count). The van der Waals surface area contributed by atoms with E-state index >= 15 is 0 Å². The van der Waals surface area contributed by atoms with Crippen LogP contribution in [0.15, 0.2) is 42.5 Å². The van der Waals surface area contributed by atoms with Crippen molar-refractivity contribution in [1.29, 1.82) is 5.26 Å². The number of anilines is 1. The third-order valence-corrected chi connectivity index (χ3v) is 2.74. The topological polar surface area (TPSA) is 62.1 Å². The second-order valence-electron chi connectivity index (χ2n) is 4.46. The van der Waals surface area contributed by atoms with Crippen LogP contribution >= 0.6 is 0 Å². The van der Waals surface area contributed by atoms with E-state index in [1.165, 1.54) is 12.1 Å². The molecular formula is C16H13FN2O2. The summed E-state index contributed by atoms with van der Waals surface area (Å²) in [5.74, 6) is -0.864. The minimum absolute atomic E-state index is 0.0463. The normalized spacial score (nSPS) is 9.76. The smallest absolute Gasteiger partial charge is 0.262 e. The Morgan fingerprint density at radius 2 is 2.00 bits per heavy atom. The molecule has 0 heterocycles. The van der Waals surface area contributed by atoms with Crippen molar-refractivity contribution in [3.8, 4) is 11.8 Å². The number of benzene rings is 2. The van der Waals surface area contributed by atoms with Crippen LogP contribution in [0, 0.1) is 24.1 Å². The largest absolute Gasteiger partial charge is 0.481 e. The number of hydrogen-bond acceptors (Lipinski definition) is 3. The van der Waals surface area contributed by atoms with Gasteiger partial charge in [-0.05, 0) is 48.9 Å². The maximum Gasteiger partial charge on any atom is 0.262 e. The lowest BCUT2D eigenvalue weighted by molar-refractivity contribution is -0.118. The van der Waals surface area contributed by atoms with E-state index in [0.29, 0.717) is 11.3 Å². The molecule has 0 aromatic heterocycles. The van der Waals surface area contributed by atoms with Crippen LogP contribution in [0.5, 0.6) is 5.75 Å². The minimum Gasteiger partial charge on any atom is -0.481 e. The number of aryl methyl sites for hydroxylation is 1. The van der Waals surface area contributed by atoms with Crippen molar-refractivity contribution in [2.45, 2.75) is 6.92 Å². The summed E-state index contributed by atoms with van der Waals surface area (Å²) >= 11 is 0. The quantitative estimate of drug-likeness (QED) is 0.938. The van der Waals surface area contributed by atoms with Crippen LogP contribution in [0.4, 0.5) is 10.1 Å². The number of halogens is 1. The highest BCUT2D eigenvalue weighted by atomic mass is 19.1. The molecule has 2 aromatic rings. The lowest BCUT2D eigenvalue weighted by Crippen LogP contribution is -2.20. The third kappa shape index (κ3) is 4.05. The Labute approximate surface area is 121 Å². The van der Waals surface area contributed by atoms with Crippen molar-refractivity contribution in [2.75, 3.05) is 11.9 Å². The lowest BCUT2D eigenvalue weighted by Gasteiger charge is -2.09. The molecule has 2 aromatic carbocycles. The SMILES string of the molecule is Cc1ccc(F)c(OCC(=O)Nc2ccc(C#N)cc2)c1. The molecule has 0 unspecified atom stereocenters. The van der Waals surface area contributed by atoms with Gasteiger partial charge in [-0.3, -0.25) is 4.79 Å². The number of hydrogen-bond donors (Lipinski definition) is 1. The molecule has 0 spiro atoms. The molecular weight excluding hydrogens is 271 g/mol. The molecule has 106 valence electrons. The van der Waals surface area contributed by atoms with Crippen LogP contribution in [-0.2, 0) is 4.79 Å². The molecule has 0 radical (unpaired) electrons. The molecule has 4 nitrogen and oxygen atoms in total. The monoisotopic (exact) mass is 284 g/mol. The van der Waals surface area contributed by atoms with Crippen molar-refractivity contribution >= 4 is 11.6 Å². The molecule has 1 N–H and O–H groups in total. The summed E-state index contributed by atoms with van der Waals surface area (Å²) in [5.41, 5.74) is 1.90. The van der Waals surface area contributed by atoms with Crippen molar-refractivity contribution in [1.82, 2.24) is 0 Å². The first-order valence-corrected chi connectivity index (χ1v) is 6.27. The number of nitriles is 1. The Bertz CT molecular complexity index is 690. The van der Waals surface area contributed by atoms with Crippen LogP contribution in [-0.4, -0.2) is 12.5 Å². The first kappa shape index (κ1) is 14.5. The summed E-state index contributed by atoms with van der Waals surface area (Å²) < 4.78 is 18.6. The maximum atomic E-state index is 13.4. The minimum atomic E-state index is -0.508. The summed E-state index contributed by atoms with van der Waals surface area (Å²) in [5, 5.41) is 11.3. The molecule has 1 amide bonds. The molecule has 0 saturated carbocycles. The highest BCUT2D eigenvalue weighted by Crippen LogP contribution is 2.18. The Morgan fingerprint density at radius 1 is 1.29 bits per heavy atom. The molecule has 0 bridgehead atoms. The Balaban J connectivity index is 1.92. The molecule has 21 heavy (non-hydrogen) atoms. The maximum absolute atomic E-state index is 13.4. The van der Waals surface area contributed by atoms with Crippen molar-refractivity contribution in [3.05, 3.63) is 59.4 Å². The van der Waals surface area contributed by atoms with Gasteiger partial charge in [-0.2, -0.15) is 5.26 Å². The fraction of sp³-hybridized carbons (Fsp3) is 0.125. The number of carbonyl (C=O) groups excluding carboxylic acids is 1. The van der Waals surface area contributed by atoms with Crippen LogP contribution in [0.3, 0.4) is 0 Å². The first-order valence-electron chi connectivity index (χ1n) is 6.27. The van der Waals surface area contributed by atoms with E-state index < -0.39 is 11.7 Å². The van der Waals surface area contributed by atoms with E-state index in [1.807, 2.05) is 13.0 Å². The predicted octanol–water partition coefficient (Wildman–Crippen LogP) is 3.02. The number of nitrogens with one attached hydrogen (secondary N) is 1. The van der Waals surface area contributed by atoms with Gasteiger partial charge < -0.3 is 10.1 Å². The molecule has 0 saturated heterocycles. The molecule has 0 aliphatic carbocycles. The highest BCUT2D eigenvalue weighted by molar-refractivity contribution is 5.91. The van der Waals surface area contributed by atoms with Crippen molar-refractivity contribution < 1.29 is 13.9 Å². The number of ether oxygens (including phenoxy) is 1. The summed E-state index contributed by atoms with van der Waals surface area (Å²) in [7, 11) is 0. The Kier molecular flexibility index (Phi) is 4.52. The number of rotatable bonds is 4. The van der Waals surface area contributed by atoms with E-state index in [2.05, 4.69) is 5.32 Å². The average Bonchev–Trinajstić information content (AvgIpc) is 2.49. The van der Waals surface area contributed by atoms with Crippen molar-refractivity contribution in [3.63, 3.8) is 0 Å². The summed E-state index contributed by atoms with van der Waals surface area (Å²) in [4.78, 5) is 11.7. The number of amides is 1. The predicted molar refractivity (Wildman–Crippen MR) is 76.4 cm³/mol. The fourth-order valence-electron chi connectivity index (χ4n) is 1.69. The standard InChI is InChI=1S/C16H13FN2O2/c1-11-2-7-14(17)15(8-11)21-10-16(20)19-13-5-3-12(9-18)4-6-13/h2-8H,10H2,1H3,(H,19,20). The second kappa shape index (κ2) is 6.53. The number of nitrogens with zero attached hydrogens (tertiary/aromatic N) is 1. The van der Waals surface area contributed by atoms with E-state index in [-0.39, 0.29) is 12.4 Å². The third-order valence-electron chi connectivity index (χ3n) is 2.74. The van der Waals surface area contributed by atoms with E-state index in [9.17, 15) is 9.18 Å². The highest BCUT2D eigenvalue weighted by Gasteiger charge is 2.07. The lowest BCUT2D eigenvalue weighted by atomic mass is 10.2. The van der Waals surface area contributed by atoms with Crippen LogP contribution in [0.2, 0.25) is 0 Å². The van der Waals surface area contributed by atoms with Crippen LogP contribution < -0.4 is 10.1 Å². The molecule has 0 aliphatic rings. The zero-order valence-corrected chi connectivity index (χ0v) is 11.4. The zero-order valence-electron chi connectivity index (χ0n) is 11.4. The summed E-state index contributed by atoms with van der Waals surface area (Å²) in [6, 6.07) is 12.9. The van der Waals surface area contributed by atoms with Gasteiger partial charge in [0.25, 0.3) is 5.91 Å². The van der Waals surface area contributed by atoms with Crippen molar-refractivity contribution in [2.24, 2.45) is 0 Å². The van der Waals surface area contributed by atoms with Gasteiger partial charge in [0, 0.05) is 5.69 Å². The van der Waals surface area contributed by atoms with Gasteiger partial charge in [-0.15, -0.1) is 0 Å². The zero-order chi connectivity index (χ0) is 15.2. The summed E-state index contributed by atoms with van der Waals surface area (Å²) in [6.45, 7) is 1.52. The van der Waals surface area contributed by atoms with Gasteiger partial charge >= 0.3 is 0 Å². The van der Waals surface area contributed by atoms with E-state index in [1.54, 1.807) is 30.3 Å². The Hall–Kier alpha value is -2.87. The number of carbonyl (C=O) groups is 1. The molecule has 0 atom stereocenters. The summed E-state index contributed by atoms with van der Waals surface area (Å²) in [6.07, 6.45) is 0.